The van der Waals surface area contributed by atoms with E-state index in [0.29, 0.717) is 6.17 Å². The van der Waals surface area contributed by atoms with Crippen LogP contribution >= 0.6 is 0 Å². The Bertz CT molecular complexity index is 474. The van der Waals surface area contributed by atoms with Gasteiger partial charge in [0.25, 0.3) is 0 Å². The van der Waals surface area contributed by atoms with E-state index in [-0.39, 0.29) is 12.0 Å². The van der Waals surface area contributed by atoms with Crippen LogP contribution in [0.5, 0.6) is 11.5 Å². The molecule has 1 fully saturated rings. The van der Waals surface area contributed by atoms with Crippen molar-refractivity contribution in [3.63, 3.8) is 0 Å². The van der Waals surface area contributed by atoms with Crippen LogP contribution in [0.2, 0.25) is 0 Å². The van der Waals surface area contributed by atoms with Crippen molar-refractivity contribution in [1.82, 2.24) is 4.90 Å². The predicted octanol–water partition coefficient (Wildman–Crippen LogP) is 2.01. The number of morpholine rings is 1. The average molecular weight is 278 g/mol. The fourth-order valence-electron chi connectivity index (χ4n) is 3.16. The molecule has 2 aliphatic heterocycles. The summed E-state index contributed by atoms with van der Waals surface area (Å²) >= 11 is 0. The second kappa shape index (κ2) is 5.50. The zero-order valence-electron chi connectivity index (χ0n) is 12.1. The number of anilines is 1. The van der Waals surface area contributed by atoms with E-state index in [9.17, 15) is 5.11 Å². The monoisotopic (exact) mass is 278 g/mol. The Morgan fingerprint density at radius 3 is 2.80 bits per heavy atom. The Hall–Kier alpha value is -1.46. The quantitative estimate of drug-likeness (QED) is 0.916. The first-order valence-electron chi connectivity index (χ1n) is 7.30. The summed E-state index contributed by atoms with van der Waals surface area (Å²) in [4.78, 5) is 4.76. The minimum absolute atomic E-state index is 0.0143. The van der Waals surface area contributed by atoms with E-state index in [0.717, 1.165) is 44.2 Å². The summed E-state index contributed by atoms with van der Waals surface area (Å²) in [5, 5.41) is 9.59. The van der Waals surface area contributed by atoms with Gasteiger partial charge >= 0.3 is 0 Å². The van der Waals surface area contributed by atoms with Crippen LogP contribution < -0.4 is 9.64 Å². The van der Waals surface area contributed by atoms with Crippen molar-refractivity contribution in [2.75, 3.05) is 31.2 Å². The normalized spacial score (nSPS) is 24.3. The van der Waals surface area contributed by atoms with Crippen LogP contribution in [0.4, 0.5) is 5.69 Å². The molecule has 0 aromatic heterocycles. The topological polar surface area (TPSA) is 45.2 Å². The van der Waals surface area contributed by atoms with E-state index in [1.807, 2.05) is 6.07 Å². The van der Waals surface area contributed by atoms with Gasteiger partial charge in [-0.15, -0.1) is 0 Å². The van der Waals surface area contributed by atoms with Crippen molar-refractivity contribution in [1.29, 1.82) is 0 Å². The first-order chi connectivity index (χ1) is 9.70. The molecular formula is C15H22N2O3. The fraction of sp³-hybridized carbons (Fsp3) is 0.600. The lowest BCUT2D eigenvalue weighted by Crippen LogP contribution is -2.54. The van der Waals surface area contributed by atoms with Gasteiger partial charge in [-0.05, 0) is 25.5 Å². The van der Waals surface area contributed by atoms with Gasteiger partial charge in [0.1, 0.15) is 11.5 Å². The number of nitrogens with zero attached hydrogens (tertiary/aromatic N) is 2. The number of fused-ring (bicyclic) bond motifs is 1. The van der Waals surface area contributed by atoms with Crippen LogP contribution in [0.15, 0.2) is 18.2 Å². The van der Waals surface area contributed by atoms with Crippen molar-refractivity contribution < 1.29 is 14.6 Å². The zero-order chi connectivity index (χ0) is 14.1. The molecule has 0 spiro atoms. The Kier molecular flexibility index (Phi) is 3.72. The maximum Gasteiger partial charge on any atom is 0.170 e. The fourth-order valence-corrected chi connectivity index (χ4v) is 3.16. The molecule has 2 atom stereocenters. The molecule has 0 saturated carbocycles. The third-order valence-electron chi connectivity index (χ3n) is 4.06. The van der Waals surface area contributed by atoms with Gasteiger partial charge in [0.05, 0.1) is 25.1 Å². The van der Waals surface area contributed by atoms with Gasteiger partial charge in [-0.25, -0.2) is 0 Å². The number of benzene rings is 1. The van der Waals surface area contributed by atoms with E-state index >= 15 is 0 Å². The number of phenolic OH excluding ortho intramolecular Hbond substituents is 1. The highest BCUT2D eigenvalue weighted by molar-refractivity contribution is 5.64. The van der Waals surface area contributed by atoms with Gasteiger partial charge in [0, 0.05) is 19.2 Å². The van der Waals surface area contributed by atoms with Crippen molar-refractivity contribution >= 4 is 5.69 Å². The highest BCUT2D eigenvalue weighted by Crippen LogP contribution is 2.41. The molecule has 2 unspecified atom stereocenters. The van der Waals surface area contributed by atoms with Crippen LogP contribution in [0.25, 0.3) is 0 Å². The lowest BCUT2D eigenvalue weighted by Gasteiger charge is -2.41. The summed E-state index contributed by atoms with van der Waals surface area (Å²) in [6.45, 7) is 7.75. The third-order valence-corrected chi connectivity index (χ3v) is 4.06. The molecule has 5 heteroatoms. The van der Waals surface area contributed by atoms with Gasteiger partial charge in [-0.2, -0.15) is 0 Å². The molecule has 1 aromatic rings. The Balaban J connectivity index is 1.88. The Labute approximate surface area is 119 Å². The van der Waals surface area contributed by atoms with Gasteiger partial charge in [0.15, 0.2) is 6.23 Å². The SMILES string of the molecule is CCC(N1CCOCC1)N1c2ccc(O)cc2OC1C. The average Bonchev–Trinajstić information content (AvgIpc) is 2.77. The molecule has 20 heavy (non-hydrogen) atoms. The summed E-state index contributed by atoms with van der Waals surface area (Å²) in [6.07, 6.45) is 1.31. The van der Waals surface area contributed by atoms with E-state index in [1.54, 1.807) is 12.1 Å². The van der Waals surface area contributed by atoms with Crippen LogP contribution in [-0.4, -0.2) is 48.7 Å². The second-order valence-corrected chi connectivity index (χ2v) is 5.31. The highest BCUT2D eigenvalue weighted by atomic mass is 16.5. The minimum Gasteiger partial charge on any atom is -0.508 e. The molecule has 3 rings (SSSR count). The van der Waals surface area contributed by atoms with E-state index in [2.05, 4.69) is 23.6 Å². The largest absolute Gasteiger partial charge is 0.508 e. The number of aromatic hydroxyl groups is 1. The predicted molar refractivity (Wildman–Crippen MR) is 77.1 cm³/mol. The standard InChI is InChI=1S/C15H22N2O3/c1-3-15(16-6-8-19-9-7-16)17-11(2)20-14-10-12(18)4-5-13(14)17/h4-5,10-11,15,18H,3,6-9H2,1-2H3. The molecule has 0 aliphatic carbocycles. The zero-order valence-corrected chi connectivity index (χ0v) is 12.1. The lowest BCUT2D eigenvalue weighted by atomic mass is 10.2. The Morgan fingerprint density at radius 1 is 1.35 bits per heavy atom. The second-order valence-electron chi connectivity index (χ2n) is 5.31. The summed E-state index contributed by atoms with van der Waals surface area (Å²) in [6, 6.07) is 5.36. The van der Waals surface area contributed by atoms with Crippen LogP contribution in [-0.2, 0) is 4.74 Å². The van der Waals surface area contributed by atoms with E-state index < -0.39 is 0 Å². The molecule has 110 valence electrons. The molecule has 1 aromatic carbocycles. The molecule has 0 radical (unpaired) electrons. The van der Waals surface area contributed by atoms with Crippen LogP contribution in [0.1, 0.15) is 20.3 Å². The number of rotatable bonds is 3. The molecule has 0 bridgehead atoms. The first-order valence-corrected chi connectivity index (χ1v) is 7.30. The minimum atomic E-state index is -0.0143. The third kappa shape index (κ3) is 2.31. The van der Waals surface area contributed by atoms with Crippen molar-refractivity contribution in [2.24, 2.45) is 0 Å². The van der Waals surface area contributed by atoms with Crippen molar-refractivity contribution in [2.45, 2.75) is 32.7 Å². The highest BCUT2D eigenvalue weighted by Gasteiger charge is 2.35. The van der Waals surface area contributed by atoms with E-state index in [1.165, 1.54) is 0 Å². The molecule has 5 nitrogen and oxygen atoms in total. The molecule has 2 heterocycles. The maximum absolute atomic E-state index is 9.59. The summed E-state index contributed by atoms with van der Waals surface area (Å²) < 4.78 is 11.3. The molecule has 2 aliphatic rings. The number of hydrogen-bond acceptors (Lipinski definition) is 5. The summed E-state index contributed by atoms with van der Waals surface area (Å²) in [5.74, 6) is 1.02. The van der Waals surface area contributed by atoms with Gasteiger partial charge in [-0.1, -0.05) is 6.92 Å². The maximum atomic E-state index is 9.59. The van der Waals surface area contributed by atoms with Crippen molar-refractivity contribution in [3.05, 3.63) is 18.2 Å². The smallest absolute Gasteiger partial charge is 0.170 e. The van der Waals surface area contributed by atoms with Crippen LogP contribution in [0.3, 0.4) is 0 Å². The summed E-state index contributed by atoms with van der Waals surface area (Å²) in [5.41, 5.74) is 1.06. The van der Waals surface area contributed by atoms with Gasteiger partial charge in [0.2, 0.25) is 0 Å². The molecule has 1 saturated heterocycles. The van der Waals surface area contributed by atoms with E-state index in [4.69, 9.17) is 9.47 Å². The summed E-state index contributed by atoms with van der Waals surface area (Å²) in [7, 11) is 0. The number of hydrogen-bond donors (Lipinski definition) is 1. The molecular weight excluding hydrogens is 256 g/mol. The van der Waals surface area contributed by atoms with Gasteiger partial charge < -0.3 is 19.5 Å². The lowest BCUT2D eigenvalue weighted by molar-refractivity contribution is 0.00990. The first kappa shape index (κ1) is 13.5. The van der Waals surface area contributed by atoms with Crippen molar-refractivity contribution in [3.8, 4) is 11.5 Å². The molecule has 1 N–H and O–H groups in total. The van der Waals surface area contributed by atoms with Crippen LogP contribution in [0, 0.1) is 0 Å². The molecule has 0 amide bonds. The Morgan fingerprint density at radius 2 is 2.10 bits per heavy atom. The number of ether oxygens (including phenoxy) is 2. The van der Waals surface area contributed by atoms with Gasteiger partial charge in [-0.3, -0.25) is 4.90 Å². The number of phenols is 1.